The molecular formula is C30H43ClFN7O2S. The second-order valence-electron chi connectivity index (χ2n) is 9.46. The third-order valence-corrected chi connectivity index (χ3v) is 7.39. The molecule has 0 fully saturated rings. The first-order chi connectivity index (χ1) is 20.3. The number of amides is 1. The molecule has 0 unspecified atom stereocenters. The summed E-state index contributed by atoms with van der Waals surface area (Å²) in [5.74, 6) is 3.01. The Hall–Kier alpha value is -3.15. The Labute approximate surface area is 259 Å². The lowest BCUT2D eigenvalue weighted by Crippen LogP contribution is -2.40. The maximum atomic E-state index is 13.8. The van der Waals surface area contributed by atoms with Crippen LogP contribution in [0.5, 0.6) is 0 Å². The standard InChI is InChI=1S/C30H43ClFN7O2S/c1-7-10-23(20-38(22-32)19-16-34-30(40)41-6)15-18-39(17-8-2)29(26(9-3)33-4)37(5)27-21-42-36-28(35-27)24-11-13-25(31)14-12-24/h7,11-15H,1,4,8-10,16-22H2,2-3,5-6H3,(H,34,40)/b23-15+,29-26-. The lowest BCUT2D eigenvalue weighted by Gasteiger charge is -2.35. The predicted octanol–water partition coefficient (Wildman–Crippen LogP) is 6.16. The molecule has 1 amide bonds. The predicted molar refractivity (Wildman–Crippen MR) is 175 cm³/mol. The fourth-order valence-corrected chi connectivity index (χ4v) is 5.15. The van der Waals surface area contributed by atoms with Gasteiger partial charge in [0.25, 0.3) is 0 Å². The highest BCUT2D eigenvalue weighted by atomic mass is 35.5. The molecule has 1 aliphatic rings. The van der Waals surface area contributed by atoms with Crippen LogP contribution in [-0.4, -0.2) is 98.6 Å². The van der Waals surface area contributed by atoms with E-state index in [1.165, 1.54) is 19.1 Å². The van der Waals surface area contributed by atoms with Crippen LogP contribution in [-0.2, 0) is 4.74 Å². The van der Waals surface area contributed by atoms with Gasteiger partial charge < -0.3 is 19.9 Å². The molecule has 2 rings (SSSR count). The Bertz CT molecular complexity index is 1170. The molecule has 0 spiro atoms. The van der Waals surface area contributed by atoms with Crippen molar-refractivity contribution in [2.75, 3.05) is 59.4 Å². The molecule has 0 saturated carbocycles. The molecule has 12 heteroatoms. The van der Waals surface area contributed by atoms with Gasteiger partial charge in [0.1, 0.15) is 18.5 Å². The molecule has 1 N–H and O–H groups in total. The molecule has 0 atom stereocenters. The number of hydrogen-bond acceptors (Lipinski definition) is 9. The van der Waals surface area contributed by atoms with Gasteiger partial charge in [0.2, 0.25) is 0 Å². The molecule has 0 bridgehead atoms. The Balaban J connectivity index is 2.34. The summed E-state index contributed by atoms with van der Waals surface area (Å²) >= 11 is 7.53. The zero-order valence-electron chi connectivity index (χ0n) is 25.1. The number of alkyl halides is 1. The van der Waals surface area contributed by atoms with Gasteiger partial charge in [-0.2, -0.15) is 4.40 Å². The Morgan fingerprint density at radius 1 is 1.29 bits per heavy atom. The number of benzene rings is 1. The number of methoxy groups -OCH3 is 1. The van der Waals surface area contributed by atoms with Gasteiger partial charge in [-0.15, -0.1) is 6.58 Å². The average molecular weight is 620 g/mol. The Kier molecular flexibility index (Phi) is 16.0. The van der Waals surface area contributed by atoms with Gasteiger partial charge in [0.05, 0.1) is 18.6 Å². The number of hydrogen-bond donors (Lipinski definition) is 1. The van der Waals surface area contributed by atoms with Gasteiger partial charge in [-0.1, -0.05) is 43.2 Å². The van der Waals surface area contributed by atoms with E-state index in [2.05, 4.69) is 62.5 Å². The minimum absolute atomic E-state index is 0.282. The molecular weight excluding hydrogens is 577 g/mol. The van der Waals surface area contributed by atoms with Crippen LogP contribution in [0.3, 0.4) is 0 Å². The molecule has 1 aromatic carbocycles. The molecule has 0 aromatic heterocycles. The van der Waals surface area contributed by atoms with E-state index >= 15 is 0 Å². The van der Waals surface area contributed by atoms with Crippen LogP contribution in [0.1, 0.15) is 38.7 Å². The molecule has 0 saturated heterocycles. The SMILES string of the molecule is C=CC/C(=C\CN(CCC)/C(=C(/CC)N=C)N(C)C1=NC(c2ccc(Cl)cc2)=NSC1)CN(CF)CCNC(=O)OC. The van der Waals surface area contributed by atoms with Gasteiger partial charge >= 0.3 is 6.09 Å². The summed E-state index contributed by atoms with van der Waals surface area (Å²) in [6.45, 7) is 13.7. The van der Waals surface area contributed by atoms with Crippen LogP contribution in [0.2, 0.25) is 5.02 Å². The maximum Gasteiger partial charge on any atom is 0.406 e. The van der Waals surface area contributed by atoms with E-state index in [1.54, 1.807) is 4.90 Å². The van der Waals surface area contributed by atoms with Crippen molar-refractivity contribution in [2.24, 2.45) is 14.4 Å². The number of halogens is 2. The monoisotopic (exact) mass is 619 g/mol. The Morgan fingerprint density at radius 2 is 2.02 bits per heavy atom. The summed E-state index contributed by atoms with van der Waals surface area (Å²) in [5, 5.41) is 3.25. The zero-order valence-corrected chi connectivity index (χ0v) is 26.7. The maximum absolute atomic E-state index is 13.8. The summed E-state index contributed by atoms with van der Waals surface area (Å²) in [5.41, 5.74) is 2.77. The first kappa shape index (κ1) is 35.0. The fourth-order valence-electron chi connectivity index (χ4n) is 4.31. The van der Waals surface area contributed by atoms with Crippen LogP contribution in [0.15, 0.2) is 74.5 Å². The number of carbonyl (C=O) groups is 1. The van der Waals surface area contributed by atoms with Gasteiger partial charge in [-0.25, -0.2) is 14.2 Å². The topological polar surface area (TPSA) is 85.1 Å². The third-order valence-electron chi connectivity index (χ3n) is 6.45. The van der Waals surface area contributed by atoms with Crippen molar-refractivity contribution >= 4 is 48.0 Å². The number of aliphatic imine (C=N–C) groups is 2. The van der Waals surface area contributed by atoms with E-state index in [0.717, 1.165) is 41.5 Å². The minimum Gasteiger partial charge on any atom is -0.453 e. The number of nitrogens with one attached hydrogen (secondary N) is 1. The van der Waals surface area contributed by atoms with Gasteiger partial charge in [-0.3, -0.25) is 9.89 Å². The Morgan fingerprint density at radius 3 is 2.62 bits per heavy atom. The van der Waals surface area contributed by atoms with Crippen molar-refractivity contribution < 1.29 is 13.9 Å². The molecule has 1 aliphatic heterocycles. The van der Waals surface area contributed by atoms with E-state index in [9.17, 15) is 9.18 Å². The highest BCUT2D eigenvalue weighted by Gasteiger charge is 2.24. The second-order valence-corrected chi connectivity index (χ2v) is 10.6. The number of allylic oxidation sites excluding steroid dienone is 2. The summed E-state index contributed by atoms with van der Waals surface area (Å²) < 4.78 is 23.0. The molecule has 230 valence electrons. The second kappa shape index (κ2) is 19.1. The normalized spacial score (nSPS) is 14.0. The summed E-state index contributed by atoms with van der Waals surface area (Å²) in [6, 6.07) is 7.48. The highest BCUT2D eigenvalue weighted by molar-refractivity contribution is 7.98. The van der Waals surface area contributed by atoms with Crippen molar-refractivity contribution in [3.63, 3.8) is 0 Å². The first-order valence-electron chi connectivity index (χ1n) is 13.9. The van der Waals surface area contributed by atoms with Gasteiger partial charge in [0.15, 0.2) is 5.84 Å². The molecule has 9 nitrogen and oxygen atoms in total. The van der Waals surface area contributed by atoms with Crippen molar-refractivity contribution in [3.8, 4) is 0 Å². The van der Waals surface area contributed by atoms with Crippen LogP contribution in [0, 0.1) is 0 Å². The number of alkyl carbamates (subject to hydrolysis) is 1. The number of amidine groups is 2. The largest absolute Gasteiger partial charge is 0.453 e. The van der Waals surface area contributed by atoms with Crippen molar-refractivity contribution in [2.45, 2.75) is 33.1 Å². The lowest BCUT2D eigenvalue weighted by molar-refractivity contribution is 0.163. The summed E-state index contributed by atoms with van der Waals surface area (Å²) in [4.78, 5) is 26.6. The van der Waals surface area contributed by atoms with E-state index < -0.39 is 12.9 Å². The molecule has 1 aromatic rings. The van der Waals surface area contributed by atoms with Crippen LogP contribution < -0.4 is 5.32 Å². The molecule has 42 heavy (non-hydrogen) atoms. The van der Waals surface area contributed by atoms with Crippen LogP contribution >= 0.6 is 23.5 Å². The third kappa shape index (κ3) is 10.9. The van der Waals surface area contributed by atoms with Crippen LogP contribution in [0.4, 0.5) is 9.18 Å². The zero-order chi connectivity index (χ0) is 30.9. The number of ether oxygens (including phenoxy) is 1. The number of nitrogens with zero attached hydrogens (tertiary/aromatic N) is 6. The summed E-state index contributed by atoms with van der Waals surface area (Å²) in [7, 11) is 3.30. The molecule has 0 aliphatic carbocycles. The summed E-state index contributed by atoms with van der Waals surface area (Å²) in [6.07, 6.45) is 5.61. The van der Waals surface area contributed by atoms with Gasteiger partial charge in [-0.05, 0) is 62.2 Å². The molecule has 0 radical (unpaired) electrons. The fraction of sp³-hybridized carbons (Fsp3) is 0.467. The van der Waals surface area contributed by atoms with E-state index in [-0.39, 0.29) is 6.54 Å². The van der Waals surface area contributed by atoms with E-state index in [4.69, 9.17) is 16.6 Å². The number of rotatable bonds is 17. The minimum atomic E-state index is -0.640. The van der Waals surface area contributed by atoms with Crippen molar-refractivity contribution in [3.05, 3.63) is 70.7 Å². The van der Waals surface area contributed by atoms with E-state index in [1.807, 2.05) is 37.4 Å². The van der Waals surface area contributed by atoms with Crippen molar-refractivity contribution in [1.82, 2.24) is 20.0 Å². The highest BCUT2D eigenvalue weighted by Crippen LogP contribution is 2.24. The molecule has 1 heterocycles. The quantitative estimate of drug-likeness (QED) is 0.0973. The first-order valence-corrected chi connectivity index (χ1v) is 15.2. The number of carbonyl (C=O) groups excluding carboxylic acids is 1. The van der Waals surface area contributed by atoms with Crippen LogP contribution in [0.25, 0.3) is 0 Å². The van der Waals surface area contributed by atoms with E-state index in [0.29, 0.717) is 49.1 Å². The van der Waals surface area contributed by atoms with Crippen molar-refractivity contribution in [1.29, 1.82) is 0 Å². The smallest absolute Gasteiger partial charge is 0.406 e. The van der Waals surface area contributed by atoms with Gasteiger partial charge in [0, 0.05) is 50.4 Å². The average Bonchev–Trinajstić information content (AvgIpc) is 3.01. The lowest BCUT2D eigenvalue weighted by atomic mass is 10.1.